The van der Waals surface area contributed by atoms with Crippen LogP contribution in [0, 0.1) is 0 Å². The number of aliphatic carboxylic acids is 1. The first-order valence-electron chi connectivity index (χ1n) is 5.45. The van der Waals surface area contributed by atoms with Crippen molar-refractivity contribution in [1.29, 1.82) is 0 Å². The highest BCUT2D eigenvalue weighted by Gasteiger charge is 2.24. The molecular weight excluding hydrogens is 240 g/mol. The molecule has 1 aromatic heterocycles. The van der Waals surface area contributed by atoms with E-state index in [1.54, 1.807) is 10.9 Å². The van der Waals surface area contributed by atoms with Crippen LogP contribution < -0.4 is 10.6 Å². The highest BCUT2D eigenvalue weighted by Crippen LogP contribution is 2.04. The molecule has 100 valence electrons. The van der Waals surface area contributed by atoms with E-state index in [0.717, 1.165) is 0 Å². The van der Waals surface area contributed by atoms with E-state index in [0.29, 0.717) is 12.2 Å². The van der Waals surface area contributed by atoms with Gasteiger partial charge in [-0.2, -0.15) is 5.10 Å². The third-order valence-corrected chi connectivity index (χ3v) is 2.25. The summed E-state index contributed by atoms with van der Waals surface area (Å²) in [5.74, 6) is -1.30. The number of carboxylic acid groups (broad SMARTS) is 1. The predicted molar refractivity (Wildman–Crippen MR) is 63.2 cm³/mol. The van der Waals surface area contributed by atoms with Gasteiger partial charge in [0.1, 0.15) is 0 Å². The molecule has 1 rings (SSSR count). The van der Waals surface area contributed by atoms with Crippen molar-refractivity contribution in [2.45, 2.75) is 32.5 Å². The molecule has 0 saturated heterocycles. The molecule has 0 bridgehead atoms. The Kier molecular flexibility index (Phi) is 4.67. The van der Waals surface area contributed by atoms with E-state index in [2.05, 4.69) is 15.7 Å². The minimum atomic E-state index is -1.36. The van der Waals surface area contributed by atoms with Crippen molar-refractivity contribution >= 4 is 17.7 Å². The van der Waals surface area contributed by atoms with Crippen LogP contribution in [0.5, 0.6) is 0 Å². The minimum absolute atomic E-state index is 0.448. The molecule has 4 N–H and O–H groups in total. The molecule has 2 atom stereocenters. The van der Waals surface area contributed by atoms with E-state index in [4.69, 9.17) is 5.11 Å². The van der Waals surface area contributed by atoms with E-state index in [9.17, 15) is 14.7 Å². The zero-order valence-corrected chi connectivity index (χ0v) is 10.1. The number of anilines is 1. The second-order valence-electron chi connectivity index (χ2n) is 3.74. The SMILES string of the molecule is CCn1cc(NC(=O)NC(C(=O)O)C(C)O)cn1. The number of amides is 2. The highest BCUT2D eigenvalue weighted by atomic mass is 16.4. The summed E-state index contributed by atoms with van der Waals surface area (Å²) in [5, 5.41) is 26.5. The molecule has 2 unspecified atom stereocenters. The fraction of sp³-hybridized carbons (Fsp3) is 0.500. The van der Waals surface area contributed by atoms with Crippen LogP contribution in [-0.4, -0.2) is 44.1 Å². The number of carbonyl (C=O) groups excluding carboxylic acids is 1. The molecule has 0 aliphatic heterocycles. The number of hydrogen-bond donors (Lipinski definition) is 4. The monoisotopic (exact) mass is 256 g/mol. The fourth-order valence-electron chi connectivity index (χ4n) is 1.30. The minimum Gasteiger partial charge on any atom is -0.480 e. The Morgan fingerprint density at radius 2 is 2.22 bits per heavy atom. The molecule has 0 aliphatic rings. The smallest absolute Gasteiger partial charge is 0.328 e. The number of nitrogens with zero attached hydrogens (tertiary/aromatic N) is 2. The third kappa shape index (κ3) is 3.74. The van der Waals surface area contributed by atoms with E-state index >= 15 is 0 Å². The maximum Gasteiger partial charge on any atom is 0.328 e. The standard InChI is InChI=1S/C10H16N4O4/c1-3-14-5-7(4-11-14)12-10(18)13-8(6(2)15)9(16)17/h4-6,8,15H,3H2,1-2H3,(H,16,17)(H2,12,13,18). The lowest BCUT2D eigenvalue weighted by molar-refractivity contribution is -0.141. The van der Waals surface area contributed by atoms with Gasteiger partial charge in [-0.1, -0.05) is 0 Å². The van der Waals surface area contributed by atoms with Crippen molar-refractivity contribution in [3.8, 4) is 0 Å². The van der Waals surface area contributed by atoms with Crippen LogP contribution in [0.25, 0.3) is 0 Å². The molecule has 8 nitrogen and oxygen atoms in total. The summed E-state index contributed by atoms with van der Waals surface area (Å²) in [6.07, 6.45) is 1.87. The zero-order valence-electron chi connectivity index (χ0n) is 10.1. The number of hydrogen-bond acceptors (Lipinski definition) is 4. The number of aliphatic hydroxyl groups excluding tert-OH is 1. The summed E-state index contributed by atoms with van der Waals surface area (Å²) in [4.78, 5) is 22.3. The number of aryl methyl sites for hydroxylation is 1. The van der Waals surface area contributed by atoms with Crippen LogP contribution in [0.3, 0.4) is 0 Å². The second-order valence-corrected chi connectivity index (χ2v) is 3.74. The Hall–Kier alpha value is -2.09. The molecule has 0 fully saturated rings. The first kappa shape index (κ1) is 14.0. The van der Waals surface area contributed by atoms with Crippen LogP contribution in [0.1, 0.15) is 13.8 Å². The van der Waals surface area contributed by atoms with E-state index in [-0.39, 0.29) is 0 Å². The molecule has 1 heterocycles. The number of aromatic nitrogens is 2. The van der Waals surface area contributed by atoms with Gasteiger partial charge in [0.05, 0.1) is 18.0 Å². The van der Waals surface area contributed by atoms with Crippen LogP contribution >= 0.6 is 0 Å². The van der Waals surface area contributed by atoms with Crippen molar-refractivity contribution < 1.29 is 19.8 Å². The molecule has 18 heavy (non-hydrogen) atoms. The molecule has 0 aliphatic carbocycles. The molecule has 0 aromatic carbocycles. The lowest BCUT2D eigenvalue weighted by atomic mass is 10.2. The Balaban J connectivity index is 2.57. The van der Waals surface area contributed by atoms with Gasteiger partial charge in [0.25, 0.3) is 0 Å². The lowest BCUT2D eigenvalue weighted by Gasteiger charge is -2.16. The Morgan fingerprint density at radius 1 is 1.56 bits per heavy atom. The molecule has 8 heteroatoms. The summed E-state index contributed by atoms with van der Waals surface area (Å²) in [6.45, 7) is 3.84. The Labute approximate surface area is 104 Å². The average molecular weight is 256 g/mol. The number of nitrogens with one attached hydrogen (secondary N) is 2. The van der Waals surface area contributed by atoms with Crippen molar-refractivity contribution in [1.82, 2.24) is 15.1 Å². The van der Waals surface area contributed by atoms with Gasteiger partial charge >= 0.3 is 12.0 Å². The highest BCUT2D eigenvalue weighted by molar-refractivity contribution is 5.92. The van der Waals surface area contributed by atoms with Crippen LogP contribution in [0.15, 0.2) is 12.4 Å². The summed E-state index contributed by atoms with van der Waals surface area (Å²) < 4.78 is 1.61. The summed E-state index contributed by atoms with van der Waals surface area (Å²) >= 11 is 0. The molecule has 2 amide bonds. The van der Waals surface area contributed by atoms with Gasteiger partial charge in [0.15, 0.2) is 6.04 Å². The topological polar surface area (TPSA) is 116 Å². The fourth-order valence-corrected chi connectivity index (χ4v) is 1.30. The zero-order chi connectivity index (χ0) is 13.7. The molecule has 0 radical (unpaired) electrons. The predicted octanol–water partition coefficient (Wildman–Crippen LogP) is -0.142. The van der Waals surface area contributed by atoms with Gasteiger partial charge in [-0.05, 0) is 13.8 Å². The normalized spacial score (nSPS) is 13.7. The maximum absolute atomic E-state index is 11.5. The average Bonchev–Trinajstić information content (AvgIpc) is 2.72. The Morgan fingerprint density at radius 3 is 2.67 bits per heavy atom. The van der Waals surface area contributed by atoms with Gasteiger partial charge in [-0.15, -0.1) is 0 Å². The summed E-state index contributed by atoms with van der Waals surface area (Å²) in [5.41, 5.74) is 0.448. The van der Waals surface area contributed by atoms with Crippen molar-refractivity contribution in [2.75, 3.05) is 5.32 Å². The molecule has 0 spiro atoms. The van der Waals surface area contributed by atoms with Gasteiger partial charge in [-0.25, -0.2) is 9.59 Å². The number of carboxylic acids is 1. The number of carbonyl (C=O) groups is 2. The van der Waals surface area contributed by atoms with Crippen LogP contribution in [-0.2, 0) is 11.3 Å². The quantitative estimate of drug-likeness (QED) is 0.585. The van der Waals surface area contributed by atoms with Crippen molar-refractivity contribution in [3.05, 3.63) is 12.4 Å². The summed E-state index contributed by atoms with van der Waals surface area (Å²) in [7, 11) is 0. The summed E-state index contributed by atoms with van der Waals surface area (Å²) in [6, 6.07) is -2.06. The number of urea groups is 1. The second kappa shape index (κ2) is 6.01. The van der Waals surface area contributed by atoms with E-state index in [1.807, 2.05) is 6.92 Å². The van der Waals surface area contributed by atoms with Gasteiger partial charge < -0.3 is 20.8 Å². The maximum atomic E-state index is 11.5. The van der Waals surface area contributed by atoms with E-state index in [1.165, 1.54) is 13.1 Å². The third-order valence-electron chi connectivity index (χ3n) is 2.25. The molecular formula is C10H16N4O4. The van der Waals surface area contributed by atoms with Crippen LogP contribution in [0.4, 0.5) is 10.5 Å². The van der Waals surface area contributed by atoms with Gasteiger partial charge in [0, 0.05) is 12.7 Å². The first-order valence-corrected chi connectivity index (χ1v) is 5.45. The van der Waals surface area contributed by atoms with Gasteiger partial charge in [0.2, 0.25) is 0 Å². The first-order chi connectivity index (χ1) is 8.43. The molecule has 1 aromatic rings. The molecule has 0 saturated carbocycles. The largest absolute Gasteiger partial charge is 0.480 e. The van der Waals surface area contributed by atoms with Gasteiger partial charge in [-0.3, -0.25) is 4.68 Å². The number of rotatable bonds is 5. The van der Waals surface area contributed by atoms with Crippen molar-refractivity contribution in [2.24, 2.45) is 0 Å². The lowest BCUT2D eigenvalue weighted by Crippen LogP contribution is -2.49. The number of aliphatic hydroxyl groups is 1. The Bertz CT molecular complexity index is 429. The van der Waals surface area contributed by atoms with Crippen molar-refractivity contribution in [3.63, 3.8) is 0 Å². The van der Waals surface area contributed by atoms with E-state index < -0.39 is 24.1 Å². The van der Waals surface area contributed by atoms with Crippen LogP contribution in [0.2, 0.25) is 0 Å².